The molecule has 2 rings (SSSR count). The van der Waals surface area contributed by atoms with Crippen LogP contribution in [-0.4, -0.2) is 31.3 Å². The molecule has 0 radical (unpaired) electrons. The number of methoxy groups -OCH3 is 1. The quantitative estimate of drug-likeness (QED) is 0.825. The van der Waals surface area contributed by atoms with Gasteiger partial charge in [-0.1, -0.05) is 6.07 Å². The molecule has 0 saturated carbocycles. The van der Waals surface area contributed by atoms with E-state index < -0.39 is 9.84 Å². The van der Waals surface area contributed by atoms with Crippen LogP contribution < -0.4 is 4.74 Å². The molecule has 0 N–H and O–H groups in total. The van der Waals surface area contributed by atoms with Crippen molar-refractivity contribution >= 4 is 9.84 Å². The van der Waals surface area contributed by atoms with Crippen molar-refractivity contribution in [1.82, 2.24) is 9.55 Å². The van der Waals surface area contributed by atoms with E-state index in [-0.39, 0.29) is 5.16 Å². The lowest BCUT2D eigenvalue weighted by Gasteiger charge is -2.07. The number of sulfone groups is 1. The van der Waals surface area contributed by atoms with Gasteiger partial charge >= 0.3 is 0 Å². The minimum atomic E-state index is -3.35. The average Bonchev–Trinajstić information content (AvgIpc) is 2.77. The van der Waals surface area contributed by atoms with E-state index in [0.29, 0.717) is 11.4 Å². The molecular formula is C11H12N2O3S. The molecule has 1 heterocycles. The first-order valence-corrected chi connectivity index (χ1v) is 6.79. The molecule has 6 heteroatoms. The number of hydrogen-bond acceptors (Lipinski definition) is 4. The summed E-state index contributed by atoms with van der Waals surface area (Å²) in [5.41, 5.74) is 0.697. The van der Waals surface area contributed by atoms with Crippen LogP contribution >= 0.6 is 0 Å². The van der Waals surface area contributed by atoms with Crippen LogP contribution in [0.3, 0.4) is 0 Å². The van der Waals surface area contributed by atoms with Gasteiger partial charge in [0.15, 0.2) is 0 Å². The van der Waals surface area contributed by atoms with Crippen molar-refractivity contribution in [3.05, 3.63) is 36.7 Å². The Kier molecular flexibility index (Phi) is 2.89. The van der Waals surface area contributed by atoms with Crippen LogP contribution in [0.25, 0.3) is 5.69 Å². The van der Waals surface area contributed by atoms with Gasteiger partial charge in [0.25, 0.3) is 0 Å². The van der Waals surface area contributed by atoms with Crippen molar-refractivity contribution in [3.8, 4) is 11.4 Å². The fourth-order valence-corrected chi connectivity index (χ4v) is 2.30. The molecule has 0 aliphatic heterocycles. The first-order chi connectivity index (χ1) is 8.02. The van der Waals surface area contributed by atoms with Crippen LogP contribution in [0.2, 0.25) is 0 Å². The second kappa shape index (κ2) is 4.21. The molecule has 0 aliphatic carbocycles. The number of hydrogen-bond donors (Lipinski definition) is 0. The molecule has 0 bridgehead atoms. The largest absolute Gasteiger partial charge is 0.497 e. The van der Waals surface area contributed by atoms with Gasteiger partial charge in [-0.2, -0.15) is 0 Å². The number of rotatable bonds is 3. The molecule has 0 spiro atoms. The summed E-state index contributed by atoms with van der Waals surface area (Å²) >= 11 is 0. The van der Waals surface area contributed by atoms with Crippen molar-refractivity contribution in [1.29, 1.82) is 0 Å². The Labute approximate surface area is 99.6 Å². The number of aromatic nitrogens is 2. The molecule has 0 unspecified atom stereocenters. The number of nitrogens with zero attached hydrogens (tertiary/aromatic N) is 2. The maximum Gasteiger partial charge on any atom is 0.231 e. The van der Waals surface area contributed by atoms with E-state index in [1.165, 1.54) is 10.8 Å². The topological polar surface area (TPSA) is 61.2 Å². The zero-order valence-corrected chi connectivity index (χ0v) is 10.3. The number of imidazole rings is 1. The Morgan fingerprint density at radius 1 is 1.35 bits per heavy atom. The summed E-state index contributed by atoms with van der Waals surface area (Å²) in [6, 6.07) is 7.12. The Morgan fingerprint density at radius 2 is 2.12 bits per heavy atom. The molecule has 17 heavy (non-hydrogen) atoms. The van der Waals surface area contributed by atoms with E-state index in [4.69, 9.17) is 4.74 Å². The van der Waals surface area contributed by atoms with Gasteiger partial charge in [-0.15, -0.1) is 0 Å². The van der Waals surface area contributed by atoms with Crippen molar-refractivity contribution in [2.75, 3.05) is 13.4 Å². The summed E-state index contributed by atoms with van der Waals surface area (Å²) < 4.78 is 29.7. The molecule has 90 valence electrons. The van der Waals surface area contributed by atoms with Crippen molar-refractivity contribution < 1.29 is 13.2 Å². The normalized spacial score (nSPS) is 11.4. The molecule has 2 aromatic rings. The number of ether oxygens (including phenoxy) is 1. The van der Waals surface area contributed by atoms with Crippen LogP contribution in [0, 0.1) is 0 Å². The van der Waals surface area contributed by atoms with Gasteiger partial charge in [-0.3, -0.25) is 4.57 Å². The highest BCUT2D eigenvalue weighted by Gasteiger charge is 2.15. The molecule has 0 amide bonds. The van der Waals surface area contributed by atoms with E-state index >= 15 is 0 Å². The zero-order valence-electron chi connectivity index (χ0n) is 9.49. The van der Waals surface area contributed by atoms with Gasteiger partial charge < -0.3 is 4.74 Å². The Morgan fingerprint density at radius 3 is 2.76 bits per heavy atom. The second-order valence-corrected chi connectivity index (χ2v) is 5.46. The van der Waals surface area contributed by atoms with Gasteiger partial charge in [0.2, 0.25) is 15.0 Å². The maximum atomic E-state index is 11.5. The monoisotopic (exact) mass is 252 g/mol. The van der Waals surface area contributed by atoms with E-state index in [1.807, 2.05) is 0 Å². The summed E-state index contributed by atoms with van der Waals surface area (Å²) in [4.78, 5) is 3.85. The molecule has 0 atom stereocenters. The van der Waals surface area contributed by atoms with Crippen LogP contribution in [0.5, 0.6) is 5.75 Å². The van der Waals surface area contributed by atoms with Gasteiger partial charge in [-0.05, 0) is 12.1 Å². The third kappa shape index (κ3) is 2.31. The summed E-state index contributed by atoms with van der Waals surface area (Å²) in [7, 11) is -1.79. The minimum absolute atomic E-state index is 0.0192. The third-order valence-electron chi connectivity index (χ3n) is 2.27. The van der Waals surface area contributed by atoms with Crippen molar-refractivity contribution in [2.45, 2.75) is 5.16 Å². The lowest BCUT2D eigenvalue weighted by atomic mass is 10.3. The SMILES string of the molecule is COc1cccc(-n2ccnc2S(C)(=O)=O)c1. The smallest absolute Gasteiger partial charge is 0.231 e. The highest BCUT2D eigenvalue weighted by atomic mass is 32.2. The first-order valence-electron chi connectivity index (χ1n) is 4.90. The van der Waals surface area contributed by atoms with Gasteiger partial charge in [0, 0.05) is 24.7 Å². The second-order valence-electron chi connectivity index (χ2n) is 3.55. The fraction of sp³-hybridized carbons (Fsp3) is 0.182. The molecule has 1 aromatic carbocycles. The molecule has 1 aromatic heterocycles. The number of benzene rings is 1. The van der Waals surface area contributed by atoms with E-state index in [9.17, 15) is 8.42 Å². The van der Waals surface area contributed by atoms with Crippen molar-refractivity contribution in [2.24, 2.45) is 0 Å². The summed E-state index contributed by atoms with van der Waals surface area (Å²) in [6.07, 6.45) is 4.19. The highest BCUT2D eigenvalue weighted by molar-refractivity contribution is 7.90. The van der Waals surface area contributed by atoms with Crippen molar-refractivity contribution in [3.63, 3.8) is 0 Å². The Hall–Kier alpha value is -1.82. The molecule has 0 fully saturated rings. The van der Waals surface area contributed by atoms with Gasteiger partial charge in [-0.25, -0.2) is 13.4 Å². The standard InChI is InChI=1S/C11H12N2O3S/c1-16-10-5-3-4-9(8-10)13-7-6-12-11(13)17(2,14)15/h3-8H,1-2H3. The van der Waals surface area contributed by atoms with Crippen LogP contribution in [-0.2, 0) is 9.84 Å². The summed E-state index contributed by atoms with van der Waals surface area (Å²) in [5.74, 6) is 0.663. The third-order valence-corrected chi connectivity index (χ3v) is 3.24. The average molecular weight is 252 g/mol. The summed E-state index contributed by atoms with van der Waals surface area (Å²) in [6.45, 7) is 0. The van der Waals surface area contributed by atoms with Crippen LogP contribution in [0.1, 0.15) is 0 Å². The molecule has 0 saturated heterocycles. The lowest BCUT2D eigenvalue weighted by molar-refractivity contribution is 0.414. The first kappa shape index (κ1) is 11.7. The molecule has 5 nitrogen and oxygen atoms in total. The predicted octanol–water partition coefficient (Wildman–Crippen LogP) is 1.28. The van der Waals surface area contributed by atoms with E-state index in [2.05, 4.69) is 4.98 Å². The maximum absolute atomic E-state index is 11.5. The van der Waals surface area contributed by atoms with Crippen LogP contribution in [0.4, 0.5) is 0 Å². The van der Waals surface area contributed by atoms with Crippen LogP contribution in [0.15, 0.2) is 41.8 Å². The lowest BCUT2D eigenvalue weighted by Crippen LogP contribution is -2.07. The summed E-state index contributed by atoms with van der Waals surface area (Å²) in [5, 5.41) is 0.0192. The fourth-order valence-electron chi connectivity index (χ4n) is 1.52. The molecule has 0 aliphatic rings. The van der Waals surface area contributed by atoms with Gasteiger partial charge in [0.1, 0.15) is 5.75 Å². The predicted molar refractivity (Wildman–Crippen MR) is 63.2 cm³/mol. The minimum Gasteiger partial charge on any atom is -0.497 e. The van der Waals surface area contributed by atoms with E-state index in [0.717, 1.165) is 6.26 Å². The Bertz CT molecular complexity index is 632. The van der Waals surface area contributed by atoms with E-state index in [1.54, 1.807) is 37.6 Å². The zero-order chi connectivity index (χ0) is 12.5. The van der Waals surface area contributed by atoms with Gasteiger partial charge in [0.05, 0.1) is 12.8 Å². The Balaban J connectivity index is 2.57. The molecular weight excluding hydrogens is 240 g/mol. The highest BCUT2D eigenvalue weighted by Crippen LogP contribution is 2.19.